The molecule has 1 amide bonds. The fourth-order valence-corrected chi connectivity index (χ4v) is 2.43. The predicted molar refractivity (Wildman–Crippen MR) is 59.3 cm³/mol. The molecule has 1 saturated carbocycles. The summed E-state index contributed by atoms with van der Waals surface area (Å²) in [6, 6.07) is -0.0768. The van der Waals surface area contributed by atoms with E-state index >= 15 is 0 Å². The second kappa shape index (κ2) is 5.11. The van der Waals surface area contributed by atoms with Crippen LogP contribution >= 0.6 is 0 Å². The molecule has 0 unspecified atom stereocenters. The molecular formula is C12H21F2NO. The fraction of sp³-hybridized carbons (Fsp3) is 0.917. The van der Waals surface area contributed by atoms with Gasteiger partial charge in [0, 0.05) is 13.0 Å². The van der Waals surface area contributed by atoms with E-state index in [2.05, 4.69) is 19.2 Å². The van der Waals surface area contributed by atoms with Gasteiger partial charge in [-0.15, -0.1) is 0 Å². The molecule has 0 aromatic heterocycles. The highest BCUT2D eigenvalue weighted by molar-refractivity contribution is 5.83. The van der Waals surface area contributed by atoms with Crippen LogP contribution in [0, 0.1) is 11.8 Å². The average Bonchev–Trinajstić information content (AvgIpc) is 2.16. The number of rotatable bonds is 3. The Balaban J connectivity index is 2.60. The van der Waals surface area contributed by atoms with Crippen LogP contribution in [0.25, 0.3) is 0 Å². The highest BCUT2D eigenvalue weighted by Gasteiger charge is 2.36. The Labute approximate surface area is 95.8 Å². The molecule has 16 heavy (non-hydrogen) atoms. The number of hydrogen-bond donors (Lipinski definition) is 1. The quantitative estimate of drug-likeness (QED) is 0.797. The van der Waals surface area contributed by atoms with Crippen LogP contribution in [0.3, 0.4) is 0 Å². The van der Waals surface area contributed by atoms with Crippen LogP contribution in [0.4, 0.5) is 8.78 Å². The number of hydrogen-bond acceptors (Lipinski definition) is 1. The molecule has 94 valence electrons. The van der Waals surface area contributed by atoms with Crippen molar-refractivity contribution >= 4 is 5.91 Å². The smallest absolute Gasteiger partial charge is 0.321 e. The molecule has 0 radical (unpaired) electrons. The van der Waals surface area contributed by atoms with Gasteiger partial charge in [0.1, 0.15) is 0 Å². The van der Waals surface area contributed by atoms with Crippen molar-refractivity contribution in [1.29, 1.82) is 0 Å². The van der Waals surface area contributed by atoms with Gasteiger partial charge >= 0.3 is 5.92 Å². The standard InChI is InChI=1S/C12H21F2NO/c1-8(2)9-6-4-5-7-10(9)15-11(16)12(3,13)14/h8-10H,4-7H2,1-3H3,(H,15,16)/t9-,10+/m0/s1. The number of halogens is 2. The predicted octanol–water partition coefficient (Wildman–Crippen LogP) is 2.97. The third kappa shape index (κ3) is 3.42. The number of nitrogens with one attached hydrogen (secondary N) is 1. The van der Waals surface area contributed by atoms with Gasteiger partial charge in [-0.3, -0.25) is 4.79 Å². The molecule has 2 atom stereocenters. The van der Waals surface area contributed by atoms with Crippen molar-refractivity contribution in [2.75, 3.05) is 0 Å². The van der Waals surface area contributed by atoms with Gasteiger partial charge in [-0.05, 0) is 24.7 Å². The van der Waals surface area contributed by atoms with Crippen molar-refractivity contribution in [1.82, 2.24) is 5.32 Å². The minimum Gasteiger partial charge on any atom is -0.348 e. The summed E-state index contributed by atoms with van der Waals surface area (Å²) in [7, 11) is 0. The van der Waals surface area contributed by atoms with E-state index < -0.39 is 11.8 Å². The summed E-state index contributed by atoms with van der Waals surface area (Å²) in [5, 5.41) is 2.50. The topological polar surface area (TPSA) is 29.1 Å². The number of amides is 1. The minimum atomic E-state index is -3.26. The molecule has 1 fully saturated rings. The van der Waals surface area contributed by atoms with Crippen LogP contribution < -0.4 is 5.32 Å². The second-order valence-electron chi connectivity index (χ2n) is 5.16. The zero-order chi connectivity index (χ0) is 12.3. The zero-order valence-electron chi connectivity index (χ0n) is 10.2. The highest BCUT2D eigenvalue weighted by atomic mass is 19.3. The number of carbonyl (C=O) groups is 1. The molecule has 0 aromatic carbocycles. The molecule has 0 heterocycles. The van der Waals surface area contributed by atoms with E-state index in [0.717, 1.165) is 25.7 Å². The highest BCUT2D eigenvalue weighted by Crippen LogP contribution is 2.30. The Morgan fingerprint density at radius 2 is 1.88 bits per heavy atom. The lowest BCUT2D eigenvalue weighted by Gasteiger charge is -2.35. The summed E-state index contributed by atoms with van der Waals surface area (Å²) in [5.41, 5.74) is 0. The van der Waals surface area contributed by atoms with Crippen LogP contribution in [0.1, 0.15) is 46.5 Å². The summed E-state index contributed by atoms with van der Waals surface area (Å²) in [6.45, 7) is 4.81. The summed E-state index contributed by atoms with van der Waals surface area (Å²) in [4.78, 5) is 11.2. The van der Waals surface area contributed by atoms with Crippen LogP contribution in [-0.4, -0.2) is 17.9 Å². The van der Waals surface area contributed by atoms with E-state index in [9.17, 15) is 13.6 Å². The van der Waals surface area contributed by atoms with Crippen molar-refractivity contribution in [3.8, 4) is 0 Å². The van der Waals surface area contributed by atoms with Crippen molar-refractivity contribution in [2.24, 2.45) is 11.8 Å². The molecule has 0 aliphatic heterocycles. The first-order valence-corrected chi connectivity index (χ1v) is 6.01. The first kappa shape index (κ1) is 13.4. The lowest BCUT2D eigenvalue weighted by Crippen LogP contribution is -2.49. The summed E-state index contributed by atoms with van der Waals surface area (Å²) in [5.74, 6) is -3.64. The monoisotopic (exact) mass is 233 g/mol. The molecule has 4 heteroatoms. The average molecular weight is 233 g/mol. The van der Waals surface area contributed by atoms with Gasteiger partial charge in [0.2, 0.25) is 0 Å². The Morgan fingerprint density at radius 1 is 1.31 bits per heavy atom. The Kier molecular flexibility index (Phi) is 4.28. The van der Waals surface area contributed by atoms with Crippen molar-refractivity contribution < 1.29 is 13.6 Å². The first-order valence-electron chi connectivity index (χ1n) is 6.01. The van der Waals surface area contributed by atoms with E-state index in [0.29, 0.717) is 18.8 Å². The summed E-state index contributed by atoms with van der Waals surface area (Å²) < 4.78 is 25.6. The van der Waals surface area contributed by atoms with Crippen molar-refractivity contribution in [2.45, 2.75) is 58.4 Å². The van der Waals surface area contributed by atoms with E-state index in [1.54, 1.807) is 0 Å². The van der Waals surface area contributed by atoms with Gasteiger partial charge in [-0.1, -0.05) is 26.7 Å². The van der Waals surface area contributed by atoms with E-state index in [4.69, 9.17) is 0 Å². The molecule has 1 aliphatic rings. The maximum atomic E-state index is 12.8. The molecule has 0 aromatic rings. The third-order valence-electron chi connectivity index (χ3n) is 3.39. The van der Waals surface area contributed by atoms with Crippen LogP contribution in [0.2, 0.25) is 0 Å². The van der Waals surface area contributed by atoms with Gasteiger partial charge in [0.05, 0.1) is 0 Å². The van der Waals surface area contributed by atoms with Crippen LogP contribution in [-0.2, 0) is 4.79 Å². The van der Waals surface area contributed by atoms with Gasteiger partial charge in [-0.25, -0.2) is 0 Å². The van der Waals surface area contributed by atoms with Crippen molar-refractivity contribution in [3.05, 3.63) is 0 Å². The Bertz CT molecular complexity index is 248. The van der Waals surface area contributed by atoms with E-state index in [-0.39, 0.29) is 6.04 Å². The van der Waals surface area contributed by atoms with Gasteiger partial charge < -0.3 is 5.32 Å². The molecule has 1 N–H and O–H groups in total. The van der Waals surface area contributed by atoms with Gasteiger partial charge in [0.15, 0.2) is 0 Å². The fourth-order valence-electron chi connectivity index (χ4n) is 2.43. The van der Waals surface area contributed by atoms with E-state index in [1.807, 2.05) is 0 Å². The summed E-state index contributed by atoms with van der Waals surface area (Å²) >= 11 is 0. The molecule has 1 aliphatic carbocycles. The normalized spacial score (nSPS) is 26.9. The lowest BCUT2D eigenvalue weighted by molar-refractivity contribution is -0.144. The molecule has 1 rings (SSSR count). The maximum absolute atomic E-state index is 12.8. The van der Waals surface area contributed by atoms with Gasteiger partial charge in [0.25, 0.3) is 5.91 Å². The summed E-state index contributed by atoms with van der Waals surface area (Å²) in [6.07, 6.45) is 4.00. The third-order valence-corrected chi connectivity index (χ3v) is 3.39. The zero-order valence-corrected chi connectivity index (χ0v) is 10.2. The molecular weight excluding hydrogens is 212 g/mol. The molecule has 2 nitrogen and oxygen atoms in total. The maximum Gasteiger partial charge on any atom is 0.321 e. The molecule has 0 spiro atoms. The Morgan fingerprint density at radius 3 is 2.38 bits per heavy atom. The van der Waals surface area contributed by atoms with Crippen LogP contribution in [0.15, 0.2) is 0 Å². The number of alkyl halides is 2. The van der Waals surface area contributed by atoms with Gasteiger partial charge in [-0.2, -0.15) is 8.78 Å². The largest absolute Gasteiger partial charge is 0.348 e. The van der Waals surface area contributed by atoms with E-state index in [1.165, 1.54) is 0 Å². The second-order valence-corrected chi connectivity index (χ2v) is 5.16. The van der Waals surface area contributed by atoms with Crippen LogP contribution in [0.5, 0.6) is 0 Å². The SMILES string of the molecule is CC(C)[C@@H]1CCCC[C@H]1NC(=O)C(C)(F)F. The lowest BCUT2D eigenvalue weighted by atomic mass is 9.78. The van der Waals surface area contributed by atoms with Crippen molar-refractivity contribution in [3.63, 3.8) is 0 Å². The minimum absolute atomic E-state index is 0.0768. The molecule has 0 saturated heterocycles. The number of carbonyl (C=O) groups excluding carboxylic acids is 1. The molecule has 0 bridgehead atoms. The Hall–Kier alpha value is -0.670. The first-order chi connectivity index (χ1) is 7.32.